The second-order valence-electron chi connectivity index (χ2n) is 5.43. The number of sulfone groups is 1. The van der Waals surface area contributed by atoms with Crippen molar-refractivity contribution in [3.05, 3.63) is 24.2 Å². The molecule has 1 aromatic heterocycles. The summed E-state index contributed by atoms with van der Waals surface area (Å²) in [4.78, 5) is 2.26. The quantitative estimate of drug-likeness (QED) is 0.834. The van der Waals surface area contributed by atoms with Gasteiger partial charge in [-0.1, -0.05) is 13.8 Å². The van der Waals surface area contributed by atoms with Gasteiger partial charge < -0.3 is 4.42 Å². The van der Waals surface area contributed by atoms with Crippen molar-refractivity contribution in [2.75, 3.05) is 24.6 Å². The van der Waals surface area contributed by atoms with Crippen molar-refractivity contribution in [1.82, 2.24) is 4.90 Å². The smallest absolute Gasteiger partial charge is 0.151 e. The van der Waals surface area contributed by atoms with Crippen LogP contribution >= 0.6 is 0 Å². The minimum absolute atomic E-state index is 0.225. The third-order valence-corrected chi connectivity index (χ3v) is 5.66. The highest BCUT2D eigenvalue weighted by Gasteiger charge is 2.29. The maximum atomic E-state index is 11.6. The summed E-state index contributed by atoms with van der Waals surface area (Å²) < 4.78 is 28.8. The van der Waals surface area contributed by atoms with Gasteiger partial charge in [0.2, 0.25) is 0 Å². The van der Waals surface area contributed by atoms with Gasteiger partial charge in [0.25, 0.3) is 0 Å². The van der Waals surface area contributed by atoms with Crippen LogP contribution in [-0.4, -0.2) is 37.9 Å². The number of nitrogens with zero attached hydrogens (tertiary/aromatic N) is 1. The summed E-state index contributed by atoms with van der Waals surface area (Å²) in [6, 6.07) is 4.12. The molecule has 19 heavy (non-hydrogen) atoms. The largest absolute Gasteiger partial charge is 0.468 e. The molecule has 0 spiro atoms. The maximum Gasteiger partial charge on any atom is 0.151 e. The van der Waals surface area contributed by atoms with Crippen LogP contribution in [0.5, 0.6) is 0 Å². The summed E-state index contributed by atoms with van der Waals surface area (Å²) >= 11 is 0. The second kappa shape index (κ2) is 6.09. The molecule has 0 aromatic carbocycles. The van der Waals surface area contributed by atoms with Gasteiger partial charge in [-0.25, -0.2) is 8.42 Å². The molecule has 0 N–H and O–H groups in total. The van der Waals surface area contributed by atoms with E-state index >= 15 is 0 Å². The van der Waals surface area contributed by atoms with Crippen molar-refractivity contribution in [2.24, 2.45) is 5.92 Å². The van der Waals surface area contributed by atoms with Crippen molar-refractivity contribution in [1.29, 1.82) is 0 Å². The van der Waals surface area contributed by atoms with Crippen molar-refractivity contribution in [2.45, 2.75) is 32.7 Å². The molecule has 0 unspecified atom stereocenters. The van der Waals surface area contributed by atoms with E-state index in [1.54, 1.807) is 13.2 Å². The van der Waals surface area contributed by atoms with Gasteiger partial charge in [0.1, 0.15) is 5.76 Å². The number of piperidine rings is 1. The lowest BCUT2D eigenvalue weighted by atomic mass is 9.91. The van der Waals surface area contributed by atoms with Gasteiger partial charge in [0.15, 0.2) is 9.84 Å². The molecule has 1 saturated heterocycles. The minimum atomic E-state index is -2.90. The molecule has 5 heteroatoms. The van der Waals surface area contributed by atoms with Crippen LogP contribution in [0.3, 0.4) is 0 Å². The lowest BCUT2D eigenvalue weighted by molar-refractivity contribution is 0.109. The third-order valence-electron chi connectivity index (χ3n) is 3.98. The SMILES string of the molecule is CCS(=O)(=O)CCN1CC[C@@H](C)C[C@@H]1c1ccco1. The zero-order valence-corrected chi connectivity index (χ0v) is 12.5. The fourth-order valence-electron chi connectivity index (χ4n) is 2.64. The number of furan rings is 1. The third kappa shape index (κ3) is 3.83. The first-order chi connectivity index (χ1) is 9.02. The molecule has 2 rings (SSSR count). The lowest BCUT2D eigenvalue weighted by Gasteiger charge is -2.37. The van der Waals surface area contributed by atoms with Crippen LogP contribution in [0, 0.1) is 5.92 Å². The van der Waals surface area contributed by atoms with Crippen molar-refractivity contribution in [3.63, 3.8) is 0 Å². The summed E-state index contributed by atoms with van der Waals surface area (Å²) in [5.74, 6) is 2.09. The second-order valence-corrected chi connectivity index (χ2v) is 7.91. The predicted molar refractivity (Wildman–Crippen MR) is 75.7 cm³/mol. The molecule has 1 aromatic rings. The Morgan fingerprint density at radius 2 is 2.26 bits per heavy atom. The minimum Gasteiger partial charge on any atom is -0.468 e. The highest BCUT2D eigenvalue weighted by atomic mass is 32.2. The zero-order valence-electron chi connectivity index (χ0n) is 11.7. The molecule has 0 amide bonds. The number of hydrogen-bond donors (Lipinski definition) is 0. The van der Waals surface area contributed by atoms with Crippen LogP contribution in [0.4, 0.5) is 0 Å². The average molecular weight is 285 g/mol. The highest BCUT2D eigenvalue weighted by Crippen LogP contribution is 2.33. The molecule has 0 aliphatic carbocycles. The molecule has 1 fully saturated rings. The fourth-order valence-corrected chi connectivity index (χ4v) is 3.44. The number of likely N-dealkylation sites (tertiary alicyclic amines) is 1. The van der Waals surface area contributed by atoms with Crippen LogP contribution in [0.1, 0.15) is 38.5 Å². The Kier molecular flexibility index (Phi) is 4.68. The molecule has 0 saturated carbocycles. The molecule has 1 aliphatic heterocycles. The van der Waals surface area contributed by atoms with Gasteiger partial charge in [-0.2, -0.15) is 0 Å². The Morgan fingerprint density at radius 3 is 2.89 bits per heavy atom. The van der Waals surface area contributed by atoms with Crippen molar-refractivity contribution >= 4 is 9.84 Å². The normalized spacial score (nSPS) is 25.6. The Balaban J connectivity index is 2.04. The van der Waals surface area contributed by atoms with Crippen LogP contribution in [0.2, 0.25) is 0 Å². The maximum absolute atomic E-state index is 11.6. The topological polar surface area (TPSA) is 50.5 Å². The summed E-state index contributed by atoms with van der Waals surface area (Å²) in [6.07, 6.45) is 3.86. The predicted octanol–water partition coefficient (Wildman–Crippen LogP) is 2.49. The van der Waals surface area contributed by atoms with Crippen molar-refractivity contribution in [3.8, 4) is 0 Å². The molecule has 2 heterocycles. The highest BCUT2D eigenvalue weighted by molar-refractivity contribution is 7.91. The Morgan fingerprint density at radius 1 is 1.47 bits per heavy atom. The van der Waals surface area contributed by atoms with Gasteiger partial charge in [-0.15, -0.1) is 0 Å². The van der Waals surface area contributed by atoms with E-state index < -0.39 is 9.84 Å². The molecule has 0 radical (unpaired) electrons. The van der Waals surface area contributed by atoms with Crippen LogP contribution in [0.25, 0.3) is 0 Å². The van der Waals surface area contributed by atoms with Gasteiger partial charge in [0.05, 0.1) is 18.1 Å². The van der Waals surface area contributed by atoms with Crippen LogP contribution < -0.4 is 0 Å². The van der Waals surface area contributed by atoms with Gasteiger partial charge >= 0.3 is 0 Å². The van der Waals surface area contributed by atoms with Gasteiger partial charge in [0, 0.05) is 12.3 Å². The van der Waals surface area contributed by atoms with E-state index in [1.165, 1.54) is 0 Å². The Hall–Kier alpha value is -0.810. The molecule has 108 valence electrons. The monoisotopic (exact) mass is 285 g/mol. The molecule has 2 atom stereocenters. The lowest BCUT2D eigenvalue weighted by Crippen LogP contribution is -2.39. The first-order valence-electron chi connectivity index (χ1n) is 6.99. The number of rotatable bonds is 5. The van der Waals surface area contributed by atoms with Crippen LogP contribution in [-0.2, 0) is 9.84 Å². The molecule has 1 aliphatic rings. The van der Waals surface area contributed by atoms with E-state index in [0.29, 0.717) is 12.5 Å². The summed E-state index contributed by atoms with van der Waals surface area (Å²) in [5.41, 5.74) is 0. The molecule has 0 bridgehead atoms. The first-order valence-corrected chi connectivity index (χ1v) is 8.82. The number of hydrogen-bond acceptors (Lipinski definition) is 4. The first kappa shape index (κ1) is 14.6. The van der Waals surface area contributed by atoms with E-state index in [4.69, 9.17) is 4.42 Å². The molecular formula is C14H23NO3S. The van der Waals surface area contributed by atoms with E-state index in [9.17, 15) is 8.42 Å². The average Bonchev–Trinajstić information content (AvgIpc) is 2.91. The molecular weight excluding hydrogens is 262 g/mol. The summed E-state index contributed by atoms with van der Waals surface area (Å²) in [6.45, 7) is 5.51. The van der Waals surface area contributed by atoms with E-state index in [0.717, 1.165) is 25.1 Å². The standard InChI is InChI=1S/C14H23NO3S/c1-3-19(16,17)10-8-15-7-6-12(2)11-13(15)14-5-4-9-18-14/h4-5,9,12-13H,3,6-8,10-11H2,1-2H3/t12-,13-/m1/s1. The summed E-state index contributed by atoms with van der Waals surface area (Å²) in [7, 11) is -2.90. The van der Waals surface area contributed by atoms with Crippen LogP contribution in [0.15, 0.2) is 22.8 Å². The Bertz CT molecular complexity index is 481. The van der Waals surface area contributed by atoms with Gasteiger partial charge in [-0.3, -0.25) is 4.90 Å². The van der Waals surface area contributed by atoms with E-state index in [1.807, 2.05) is 12.1 Å². The zero-order chi connectivity index (χ0) is 13.9. The van der Waals surface area contributed by atoms with Crippen molar-refractivity contribution < 1.29 is 12.8 Å². The fraction of sp³-hybridized carbons (Fsp3) is 0.714. The van der Waals surface area contributed by atoms with E-state index in [-0.39, 0.29) is 17.5 Å². The van der Waals surface area contributed by atoms with Gasteiger partial charge in [-0.05, 0) is 37.4 Å². The summed E-state index contributed by atoms with van der Waals surface area (Å²) in [5, 5.41) is 0. The molecule has 4 nitrogen and oxygen atoms in total. The Labute approximate surface area is 115 Å². The van der Waals surface area contributed by atoms with E-state index in [2.05, 4.69) is 11.8 Å².